The van der Waals surface area contributed by atoms with Gasteiger partial charge in [0.25, 0.3) is 5.91 Å². The first-order valence-electron chi connectivity index (χ1n) is 13.5. The van der Waals surface area contributed by atoms with Crippen LogP contribution in [0.25, 0.3) is 0 Å². The van der Waals surface area contributed by atoms with Crippen LogP contribution in [0.4, 0.5) is 11.6 Å². The number of aromatic nitrogens is 3. The summed E-state index contributed by atoms with van der Waals surface area (Å²) in [4.78, 5) is 18.5. The first-order valence-corrected chi connectivity index (χ1v) is 15.2. The highest BCUT2D eigenvalue weighted by Gasteiger charge is 2.35. The number of methoxy groups -OCH3 is 1. The lowest BCUT2D eigenvalue weighted by Crippen LogP contribution is -2.31. The molecule has 0 fully saturated rings. The van der Waals surface area contributed by atoms with Gasteiger partial charge in [-0.05, 0) is 67.8 Å². The molecule has 0 saturated carbocycles. The van der Waals surface area contributed by atoms with E-state index in [0.717, 1.165) is 28.9 Å². The molecule has 2 heterocycles. The molecule has 1 aliphatic heterocycles. The third kappa shape index (κ3) is 6.53. The molecule has 0 aliphatic carbocycles. The number of hydrogen-bond acceptors (Lipinski definition) is 7. The minimum atomic E-state index is -0.562. The molecule has 0 radical (unpaired) electrons. The van der Waals surface area contributed by atoms with Crippen LogP contribution < -0.4 is 20.1 Å². The maximum atomic E-state index is 13.8. The highest BCUT2D eigenvalue weighted by Crippen LogP contribution is 2.40. The van der Waals surface area contributed by atoms with Gasteiger partial charge in [0, 0.05) is 17.1 Å². The van der Waals surface area contributed by atoms with Crippen LogP contribution in [0.3, 0.4) is 0 Å². The highest BCUT2D eigenvalue weighted by atomic mass is 35.5. The molecule has 5 rings (SSSR count). The van der Waals surface area contributed by atoms with E-state index in [9.17, 15) is 4.79 Å². The zero-order valence-corrected chi connectivity index (χ0v) is 26.0. The number of carbonyl (C=O) groups excluding carboxylic acids is 1. The van der Waals surface area contributed by atoms with Crippen LogP contribution in [0, 0.1) is 6.92 Å². The third-order valence-corrected chi connectivity index (χ3v) is 8.49. The standard InChI is InChI=1S/C31H31Cl2N5O3S/c1-5-14-42-31-36-30-34-19(3)27(29(39)35-22-10-6-18(2)7-11-22)28(38(30)37-31)21-9-13-25(26(16-21)40-4)41-17-20-8-12-23(32)24(33)15-20/h6-13,15-16,28H,5,14,17H2,1-4H3,(H,35,39)(H,34,36,37). The molecule has 3 aromatic carbocycles. The van der Waals surface area contributed by atoms with Gasteiger partial charge in [-0.25, -0.2) is 4.68 Å². The number of fused-ring (bicyclic) bond motifs is 1. The minimum absolute atomic E-state index is 0.239. The molecule has 218 valence electrons. The molecule has 1 amide bonds. The Labute approximate surface area is 259 Å². The van der Waals surface area contributed by atoms with Gasteiger partial charge >= 0.3 is 0 Å². The molecule has 8 nitrogen and oxygen atoms in total. The van der Waals surface area contributed by atoms with E-state index in [1.807, 2.05) is 62.4 Å². The van der Waals surface area contributed by atoms with Crippen LogP contribution >= 0.6 is 35.0 Å². The molecular weight excluding hydrogens is 593 g/mol. The lowest BCUT2D eigenvalue weighted by Gasteiger charge is -2.29. The number of thioether (sulfide) groups is 1. The van der Waals surface area contributed by atoms with E-state index in [-0.39, 0.29) is 12.5 Å². The second-order valence-electron chi connectivity index (χ2n) is 9.84. The number of nitrogens with one attached hydrogen (secondary N) is 2. The number of benzene rings is 3. The Morgan fingerprint density at radius 2 is 1.83 bits per heavy atom. The molecule has 4 aromatic rings. The van der Waals surface area contributed by atoms with Crippen LogP contribution in [0.1, 0.15) is 43.0 Å². The van der Waals surface area contributed by atoms with Gasteiger partial charge in [-0.3, -0.25) is 4.79 Å². The van der Waals surface area contributed by atoms with Crippen LogP contribution in [0.15, 0.2) is 77.1 Å². The van der Waals surface area contributed by atoms with E-state index >= 15 is 0 Å². The maximum absolute atomic E-state index is 13.8. The summed E-state index contributed by atoms with van der Waals surface area (Å²) in [6.07, 6.45) is 0.994. The summed E-state index contributed by atoms with van der Waals surface area (Å²) in [5, 5.41) is 12.7. The Kier molecular flexibility index (Phi) is 9.30. The number of nitrogens with zero attached hydrogens (tertiary/aromatic N) is 3. The summed E-state index contributed by atoms with van der Waals surface area (Å²) in [5.41, 5.74) is 4.69. The average Bonchev–Trinajstić information content (AvgIpc) is 3.39. The van der Waals surface area contributed by atoms with Gasteiger partial charge in [-0.15, -0.1) is 5.10 Å². The zero-order chi connectivity index (χ0) is 29.8. The van der Waals surface area contributed by atoms with Crippen molar-refractivity contribution < 1.29 is 14.3 Å². The number of ether oxygens (including phenoxy) is 2. The number of amides is 1. The number of anilines is 2. The van der Waals surface area contributed by atoms with E-state index in [0.29, 0.717) is 49.6 Å². The first kappa shape index (κ1) is 29.8. The fourth-order valence-electron chi connectivity index (χ4n) is 4.59. The third-order valence-electron chi connectivity index (χ3n) is 6.70. The van der Waals surface area contributed by atoms with Crippen LogP contribution in [0.2, 0.25) is 10.0 Å². The summed E-state index contributed by atoms with van der Waals surface area (Å²) in [6, 6.07) is 18.1. The van der Waals surface area contributed by atoms with Crippen molar-refractivity contribution in [2.24, 2.45) is 0 Å². The molecule has 0 bridgehead atoms. The summed E-state index contributed by atoms with van der Waals surface area (Å²) in [6.45, 7) is 6.26. The van der Waals surface area contributed by atoms with Gasteiger partial charge in [0.15, 0.2) is 11.5 Å². The topological polar surface area (TPSA) is 90.3 Å². The molecule has 0 saturated heterocycles. The Bertz CT molecular complexity index is 1640. The molecule has 11 heteroatoms. The van der Waals surface area contributed by atoms with Crippen LogP contribution in [-0.2, 0) is 11.4 Å². The number of allylic oxidation sites excluding steroid dienone is 1. The fraction of sp³-hybridized carbons (Fsp3) is 0.258. The van der Waals surface area contributed by atoms with Crippen molar-refractivity contribution in [3.8, 4) is 11.5 Å². The van der Waals surface area contributed by atoms with E-state index in [2.05, 4.69) is 17.6 Å². The van der Waals surface area contributed by atoms with Crippen LogP contribution in [0.5, 0.6) is 11.5 Å². The predicted octanol–water partition coefficient (Wildman–Crippen LogP) is 7.91. The predicted molar refractivity (Wildman–Crippen MR) is 169 cm³/mol. The van der Waals surface area contributed by atoms with Gasteiger partial charge in [-0.2, -0.15) is 4.98 Å². The van der Waals surface area contributed by atoms with Crippen molar-refractivity contribution in [2.75, 3.05) is 23.5 Å². The first-order chi connectivity index (χ1) is 20.3. The summed E-state index contributed by atoms with van der Waals surface area (Å²) >= 11 is 13.8. The van der Waals surface area contributed by atoms with Gasteiger partial charge in [-0.1, -0.05) is 71.7 Å². The Balaban J connectivity index is 1.50. The Morgan fingerprint density at radius 1 is 1.05 bits per heavy atom. The van der Waals surface area contributed by atoms with Crippen molar-refractivity contribution in [3.05, 3.63) is 98.7 Å². The van der Waals surface area contributed by atoms with Gasteiger partial charge in [0.05, 0.1) is 22.7 Å². The second kappa shape index (κ2) is 13.1. The number of rotatable bonds is 10. The number of halogens is 2. The van der Waals surface area contributed by atoms with Gasteiger partial charge < -0.3 is 20.1 Å². The van der Waals surface area contributed by atoms with E-state index in [1.54, 1.807) is 35.7 Å². The van der Waals surface area contributed by atoms with Gasteiger partial charge in [0.1, 0.15) is 12.6 Å². The molecule has 1 unspecified atom stereocenters. The Morgan fingerprint density at radius 3 is 2.55 bits per heavy atom. The zero-order valence-electron chi connectivity index (χ0n) is 23.7. The summed E-state index contributed by atoms with van der Waals surface area (Å²) in [7, 11) is 1.58. The minimum Gasteiger partial charge on any atom is -0.493 e. The molecule has 2 N–H and O–H groups in total. The largest absolute Gasteiger partial charge is 0.493 e. The molecule has 1 atom stereocenters. The van der Waals surface area contributed by atoms with Gasteiger partial charge in [0.2, 0.25) is 11.1 Å². The van der Waals surface area contributed by atoms with Crippen molar-refractivity contribution in [2.45, 2.75) is 45.0 Å². The van der Waals surface area contributed by atoms with E-state index in [4.69, 9.17) is 42.8 Å². The molecule has 1 aromatic heterocycles. The molecule has 42 heavy (non-hydrogen) atoms. The fourth-order valence-corrected chi connectivity index (χ4v) is 5.59. The number of carbonyl (C=O) groups is 1. The van der Waals surface area contributed by atoms with Crippen molar-refractivity contribution in [1.82, 2.24) is 14.8 Å². The van der Waals surface area contributed by atoms with E-state index < -0.39 is 6.04 Å². The van der Waals surface area contributed by atoms with Crippen molar-refractivity contribution >= 4 is 52.5 Å². The van der Waals surface area contributed by atoms with Crippen molar-refractivity contribution in [1.29, 1.82) is 0 Å². The van der Waals surface area contributed by atoms with E-state index in [1.165, 1.54) is 0 Å². The molecular formula is C31H31Cl2N5O3S. The normalized spacial score (nSPS) is 14.3. The van der Waals surface area contributed by atoms with Crippen molar-refractivity contribution in [3.63, 3.8) is 0 Å². The number of aryl methyl sites for hydroxylation is 1. The highest BCUT2D eigenvalue weighted by molar-refractivity contribution is 7.99. The average molecular weight is 625 g/mol. The summed E-state index contributed by atoms with van der Waals surface area (Å²) in [5.74, 6) is 2.29. The number of hydrogen-bond donors (Lipinski definition) is 2. The lowest BCUT2D eigenvalue weighted by atomic mass is 9.94. The maximum Gasteiger partial charge on any atom is 0.255 e. The SMILES string of the molecule is CCCSc1nc2n(n1)C(c1ccc(OCc3ccc(Cl)c(Cl)c3)c(OC)c1)C(C(=O)Nc1ccc(C)cc1)=C(C)N2. The Hall–Kier alpha value is -3.66. The lowest BCUT2D eigenvalue weighted by molar-refractivity contribution is -0.113. The van der Waals surface area contributed by atoms with Crippen LogP contribution in [-0.4, -0.2) is 33.5 Å². The summed E-state index contributed by atoms with van der Waals surface area (Å²) < 4.78 is 13.6. The molecule has 0 spiro atoms. The second-order valence-corrected chi connectivity index (χ2v) is 11.7. The monoisotopic (exact) mass is 623 g/mol. The smallest absolute Gasteiger partial charge is 0.255 e. The molecule has 1 aliphatic rings. The quantitative estimate of drug-likeness (QED) is 0.173.